The molecule has 0 saturated carbocycles. The molecule has 0 fully saturated rings. The summed E-state index contributed by atoms with van der Waals surface area (Å²) in [6.07, 6.45) is -4.35. The van der Waals surface area contributed by atoms with E-state index >= 15 is 0 Å². The van der Waals surface area contributed by atoms with Crippen LogP contribution >= 0.6 is 23.2 Å². The number of fused-ring (bicyclic) bond motifs is 1. The van der Waals surface area contributed by atoms with Crippen molar-refractivity contribution in [1.29, 1.82) is 0 Å². The SMILES string of the molecule is CC(c1ccc(C(=O)NCCC(=O)O)cc1)n1nc(-c2cc(Cl)cc(Cl)c2)cc1C1=Nc2cc(C(F)(F)F)ccc2C1. The molecule has 1 amide bonds. The maximum Gasteiger partial charge on any atom is 0.416 e. The molecule has 1 atom stereocenters. The van der Waals surface area contributed by atoms with Crippen molar-refractivity contribution in [2.24, 2.45) is 4.99 Å². The number of nitrogens with one attached hydrogen (secondary N) is 1. The van der Waals surface area contributed by atoms with Gasteiger partial charge in [0.25, 0.3) is 5.91 Å². The molecule has 0 spiro atoms. The van der Waals surface area contributed by atoms with Gasteiger partial charge in [-0.15, -0.1) is 0 Å². The van der Waals surface area contributed by atoms with E-state index in [2.05, 4.69) is 10.3 Å². The Morgan fingerprint density at radius 2 is 1.71 bits per heavy atom. The van der Waals surface area contributed by atoms with Crippen LogP contribution in [0, 0.1) is 0 Å². The van der Waals surface area contributed by atoms with Crippen molar-refractivity contribution in [3.05, 3.63) is 105 Å². The fourth-order valence-corrected chi connectivity index (χ4v) is 5.22. The van der Waals surface area contributed by atoms with Crippen LogP contribution in [-0.2, 0) is 17.4 Å². The van der Waals surface area contributed by atoms with Crippen LogP contribution in [0.3, 0.4) is 0 Å². The third-order valence-electron chi connectivity index (χ3n) is 6.86. The van der Waals surface area contributed by atoms with Crippen LogP contribution in [-0.4, -0.2) is 39.0 Å². The second kappa shape index (κ2) is 11.6. The van der Waals surface area contributed by atoms with Gasteiger partial charge in [-0.2, -0.15) is 18.3 Å². The van der Waals surface area contributed by atoms with Gasteiger partial charge in [0.1, 0.15) is 0 Å². The molecule has 2 N–H and O–H groups in total. The zero-order valence-electron chi connectivity index (χ0n) is 22.0. The van der Waals surface area contributed by atoms with E-state index < -0.39 is 23.6 Å². The lowest BCUT2D eigenvalue weighted by Gasteiger charge is -2.17. The zero-order valence-corrected chi connectivity index (χ0v) is 23.6. The maximum atomic E-state index is 13.3. The molecule has 2 heterocycles. The van der Waals surface area contributed by atoms with Crippen LogP contribution in [0.15, 0.2) is 71.7 Å². The number of halogens is 5. The lowest BCUT2D eigenvalue weighted by atomic mass is 10.0. The zero-order chi connectivity index (χ0) is 30.2. The molecule has 4 aromatic rings. The minimum absolute atomic E-state index is 0.00816. The van der Waals surface area contributed by atoms with Crippen LogP contribution < -0.4 is 5.32 Å². The van der Waals surface area contributed by atoms with Crippen molar-refractivity contribution in [2.45, 2.75) is 32.0 Å². The van der Waals surface area contributed by atoms with Gasteiger partial charge in [-0.05, 0) is 66.6 Å². The quantitative estimate of drug-likeness (QED) is 0.217. The van der Waals surface area contributed by atoms with Gasteiger partial charge in [-0.25, -0.2) is 0 Å². The molecule has 12 heteroatoms. The number of alkyl halides is 3. The fourth-order valence-electron chi connectivity index (χ4n) is 4.69. The van der Waals surface area contributed by atoms with Gasteiger partial charge in [0, 0.05) is 34.1 Å². The summed E-state index contributed by atoms with van der Waals surface area (Å²) in [5.41, 5.74) is 3.68. The molecule has 1 unspecified atom stereocenters. The fraction of sp³-hybridized carbons (Fsp3) is 0.200. The summed E-state index contributed by atoms with van der Waals surface area (Å²) in [5.74, 6) is -1.41. The Kier molecular flexibility index (Phi) is 8.12. The highest BCUT2D eigenvalue weighted by Crippen LogP contribution is 2.38. The first-order valence-corrected chi connectivity index (χ1v) is 13.6. The Morgan fingerprint density at radius 1 is 1.02 bits per heavy atom. The summed E-state index contributed by atoms with van der Waals surface area (Å²) in [5, 5.41) is 17.0. The van der Waals surface area contributed by atoms with Crippen molar-refractivity contribution in [2.75, 3.05) is 6.54 Å². The Morgan fingerprint density at radius 3 is 2.36 bits per heavy atom. The van der Waals surface area contributed by atoms with Crippen LogP contribution in [0.25, 0.3) is 11.3 Å². The summed E-state index contributed by atoms with van der Waals surface area (Å²) in [7, 11) is 0. The molecule has 1 aliphatic heterocycles. The number of carbonyl (C=O) groups excluding carboxylic acids is 1. The monoisotopic (exact) mass is 614 g/mol. The van der Waals surface area contributed by atoms with E-state index in [4.69, 9.17) is 33.4 Å². The number of hydrogen-bond acceptors (Lipinski definition) is 4. The first-order chi connectivity index (χ1) is 19.9. The number of aliphatic carboxylic acids is 1. The Balaban J connectivity index is 1.50. The van der Waals surface area contributed by atoms with Gasteiger partial charge >= 0.3 is 12.1 Å². The van der Waals surface area contributed by atoms with Gasteiger partial charge in [0.05, 0.1) is 40.8 Å². The van der Waals surface area contributed by atoms with E-state index in [1.165, 1.54) is 6.07 Å². The maximum absolute atomic E-state index is 13.3. The highest BCUT2D eigenvalue weighted by molar-refractivity contribution is 6.35. The van der Waals surface area contributed by atoms with E-state index in [1.807, 2.05) is 6.92 Å². The Labute approximate surface area is 248 Å². The third-order valence-corrected chi connectivity index (χ3v) is 7.30. The summed E-state index contributed by atoms with van der Waals surface area (Å²) >= 11 is 12.5. The molecular weight excluding hydrogens is 592 g/mol. The average Bonchev–Trinajstić information content (AvgIpc) is 3.56. The second-order valence-corrected chi connectivity index (χ2v) is 10.7. The van der Waals surface area contributed by atoms with Gasteiger partial charge in [0.2, 0.25) is 0 Å². The Hall–Kier alpha value is -4.15. The first kappa shape index (κ1) is 29.3. The number of aromatic nitrogens is 2. The highest BCUT2D eigenvalue weighted by Gasteiger charge is 2.32. The second-order valence-electron chi connectivity index (χ2n) is 9.79. The molecule has 1 aliphatic rings. The van der Waals surface area contributed by atoms with Gasteiger partial charge < -0.3 is 10.4 Å². The number of hydrogen-bond donors (Lipinski definition) is 2. The van der Waals surface area contributed by atoms with Crippen molar-refractivity contribution >= 4 is 46.5 Å². The summed E-state index contributed by atoms with van der Waals surface area (Å²) < 4.78 is 41.7. The smallest absolute Gasteiger partial charge is 0.416 e. The minimum atomic E-state index is -4.48. The lowest BCUT2D eigenvalue weighted by molar-refractivity contribution is -0.138. The lowest BCUT2D eigenvalue weighted by Crippen LogP contribution is -2.26. The molecular formula is C30H23Cl2F3N4O3. The predicted octanol–water partition coefficient (Wildman–Crippen LogP) is 7.37. The molecule has 3 aromatic carbocycles. The summed E-state index contributed by atoms with van der Waals surface area (Å²) in [4.78, 5) is 27.7. The van der Waals surface area contributed by atoms with Crippen molar-refractivity contribution in [1.82, 2.24) is 15.1 Å². The van der Waals surface area contributed by atoms with Crippen LogP contribution in [0.2, 0.25) is 10.0 Å². The van der Waals surface area contributed by atoms with E-state index in [1.54, 1.807) is 53.2 Å². The molecule has 7 nitrogen and oxygen atoms in total. The number of carboxylic acids is 1. The molecule has 0 bridgehead atoms. The van der Waals surface area contributed by atoms with Crippen LogP contribution in [0.5, 0.6) is 0 Å². The Bertz CT molecular complexity index is 1700. The van der Waals surface area contributed by atoms with E-state index in [9.17, 15) is 22.8 Å². The number of carboxylic acid groups (broad SMARTS) is 1. The van der Waals surface area contributed by atoms with E-state index in [-0.39, 0.29) is 24.7 Å². The average molecular weight is 615 g/mol. The number of aliphatic imine (C=N–C) groups is 1. The number of rotatable bonds is 8. The summed E-state index contributed by atoms with van der Waals surface area (Å²) in [6.45, 7) is 1.91. The number of carbonyl (C=O) groups is 2. The predicted molar refractivity (Wildman–Crippen MR) is 154 cm³/mol. The minimum Gasteiger partial charge on any atom is -0.481 e. The third kappa shape index (κ3) is 6.34. The van der Waals surface area contributed by atoms with Crippen LogP contribution in [0.1, 0.15) is 52.1 Å². The molecule has 0 radical (unpaired) electrons. The molecule has 5 rings (SSSR count). The summed E-state index contributed by atoms with van der Waals surface area (Å²) in [6, 6.07) is 16.8. The van der Waals surface area contributed by atoms with Gasteiger partial charge in [-0.1, -0.05) is 41.4 Å². The van der Waals surface area contributed by atoms with Crippen molar-refractivity contribution < 1.29 is 27.9 Å². The molecule has 1 aromatic heterocycles. The van der Waals surface area contributed by atoms with Crippen LogP contribution in [0.4, 0.5) is 18.9 Å². The van der Waals surface area contributed by atoms with E-state index in [0.29, 0.717) is 50.3 Å². The molecule has 216 valence electrons. The molecule has 0 saturated heterocycles. The van der Waals surface area contributed by atoms with Crippen molar-refractivity contribution in [3.63, 3.8) is 0 Å². The largest absolute Gasteiger partial charge is 0.481 e. The highest BCUT2D eigenvalue weighted by atomic mass is 35.5. The number of benzene rings is 3. The normalized spacial score (nSPS) is 13.4. The van der Waals surface area contributed by atoms with Gasteiger partial charge in [0.15, 0.2) is 0 Å². The first-order valence-electron chi connectivity index (χ1n) is 12.8. The topological polar surface area (TPSA) is 96.6 Å². The molecule has 0 aliphatic carbocycles. The van der Waals surface area contributed by atoms with Crippen molar-refractivity contribution in [3.8, 4) is 11.3 Å². The van der Waals surface area contributed by atoms with E-state index in [0.717, 1.165) is 17.7 Å². The number of amides is 1. The molecule has 42 heavy (non-hydrogen) atoms. The van der Waals surface area contributed by atoms with Gasteiger partial charge in [-0.3, -0.25) is 19.3 Å². The number of nitrogens with zero attached hydrogens (tertiary/aromatic N) is 3. The standard InChI is InChI=1S/C30H23Cl2F3N4O3/c1-16(17-2-4-18(5-3-17)29(42)36-9-8-28(40)41)39-27(15-25(38-39)20-10-22(31)14-23(32)11-20)26-12-19-6-7-21(30(33,34)35)13-24(19)37-26/h2-7,10-11,13-16H,8-9,12H2,1H3,(H,36,42)(H,40,41).